The van der Waals surface area contributed by atoms with Crippen LogP contribution in [-0.2, 0) is 0 Å². The molecule has 0 aliphatic carbocycles. The molecular formula is C10H12BrN. The molecule has 0 amide bonds. The molecule has 0 unspecified atom stereocenters. The first-order valence-electron chi connectivity index (χ1n) is 4.32. The van der Waals surface area contributed by atoms with Crippen LogP contribution in [0.4, 0.5) is 0 Å². The highest BCUT2D eigenvalue weighted by Gasteiger charge is 2.15. The molecule has 1 nitrogen and oxygen atoms in total. The van der Waals surface area contributed by atoms with Gasteiger partial charge in [0, 0.05) is 11.0 Å². The Morgan fingerprint density at radius 1 is 1.42 bits per heavy atom. The predicted molar refractivity (Wildman–Crippen MR) is 54.4 cm³/mol. The summed E-state index contributed by atoms with van der Waals surface area (Å²) in [6.45, 7) is 2.30. The summed E-state index contributed by atoms with van der Waals surface area (Å²) in [6, 6.07) is 8.61. The Hall–Kier alpha value is -0.340. The SMILES string of the molecule is Brc1cccc([C@@H]2CCNC2)c1. The largest absolute Gasteiger partial charge is 0.316 e. The lowest BCUT2D eigenvalue weighted by Gasteiger charge is -2.08. The maximum absolute atomic E-state index is 3.49. The van der Waals surface area contributed by atoms with Gasteiger partial charge in [0.15, 0.2) is 0 Å². The quantitative estimate of drug-likeness (QED) is 0.775. The molecule has 1 fully saturated rings. The van der Waals surface area contributed by atoms with E-state index >= 15 is 0 Å². The van der Waals surface area contributed by atoms with Gasteiger partial charge in [0.2, 0.25) is 0 Å². The Kier molecular flexibility index (Phi) is 2.47. The summed E-state index contributed by atoms with van der Waals surface area (Å²) < 4.78 is 1.19. The van der Waals surface area contributed by atoms with Crippen LogP contribution in [0.2, 0.25) is 0 Å². The zero-order valence-electron chi connectivity index (χ0n) is 6.89. The molecule has 0 bridgehead atoms. The number of nitrogens with one attached hydrogen (secondary N) is 1. The second-order valence-corrected chi connectivity index (χ2v) is 4.16. The molecule has 2 rings (SSSR count). The van der Waals surface area contributed by atoms with Crippen LogP contribution in [-0.4, -0.2) is 13.1 Å². The van der Waals surface area contributed by atoms with Crippen molar-refractivity contribution in [3.8, 4) is 0 Å². The minimum absolute atomic E-state index is 0.725. The lowest BCUT2D eigenvalue weighted by Crippen LogP contribution is -2.07. The maximum atomic E-state index is 3.49. The van der Waals surface area contributed by atoms with E-state index in [1.54, 1.807) is 0 Å². The van der Waals surface area contributed by atoms with Gasteiger partial charge in [0.1, 0.15) is 0 Å². The topological polar surface area (TPSA) is 12.0 Å². The van der Waals surface area contributed by atoms with Gasteiger partial charge in [0.05, 0.1) is 0 Å². The van der Waals surface area contributed by atoms with E-state index in [0.717, 1.165) is 19.0 Å². The van der Waals surface area contributed by atoms with Crippen molar-refractivity contribution in [2.45, 2.75) is 12.3 Å². The van der Waals surface area contributed by atoms with Crippen molar-refractivity contribution in [2.24, 2.45) is 0 Å². The van der Waals surface area contributed by atoms with Crippen LogP contribution in [0.25, 0.3) is 0 Å². The number of benzene rings is 1. The molecule has 0 spiro atoms. The summed E-state index contributed by atoms with van der Waals surface area (Å²) in [6.07, 6.45) is 1.27. The standard InChI is InChI=1S/C10H12BrN/c11-10-3-1-2-8(6-10)9-4-5-12-7-9/h1-3,6,9,12H,4-5,7H2/t9-/m1/s1. The average Bonchev–Trinajstić information content (AvgIpc) is 2.56. The fourth-order valence-electron chi connectivity index (χ4n) is 1.70. The lowest BCUT2D eigenvalue weighted by molar-refractivity contribution is 0.763. The van der Waals surface area contributed by atoms with Crippen molar-refractivity contribution in [2.75, 3.05) is 13.1 Å². The molecule has 2 heteroatoms. The predicted octanol–water partition coefficient (Wildman–Crippen LogP) is 2.53. The van der Waals surface area contributed by atoms with Crippen molar-refractivity contribution in [3.63, 3.8) is 0 Å². The Labute approximate surface area is 81.3 Å². The average molecular weight is 226 g/mol. The van der Waals surface area contributed by atoms with Crippen LogP contribution < -0.4 is 5.32 Å². The van der Waals surface area contributed by atoms with Gasteiger partial charge in [-0.05, 0) is 36.6 Å². The van der Waals surface area contributed by atoms with Crippen LogP contribution in [0, 0.1) is 0 Å². The van der Waals surface area contributed by atoms with Crippen molar-refractivity contribution < 1.29 is 0 Å². The smallest absolute Gasteiger partial charge is 0.0178 e. The summed E-state index contributed by atoms with van der Waals surface area (Å²) in [4.78, 5) is 0. The molecule has 1 atom stereocenters. The Morgan fingerprint density at radius 3 is 3.00 bits per heavy atom. The number of rotatable bonds is 1. The summed E-state index contributed by atoms with van der Waals surface area (Å²) in [5.41, 5.74) is 1.45. The van der Waals surface area contributed by atoms with Crippen molar-refractivity contribution in [1.82, 2.24) is 5.32 Å². The van der Waals surface area contributed by atoms with Gasteiger partial charge in [-0.3, -0.25) is 0 Å². The molecule has 1 N–H and O–H groups in total. The second-order valence-electron chi connectivity index (χ2n) is 3.24. The first-order valence-corrected chi connectivity index (χ1v) is 5.12. The third-order valence-electron chi connectivity index (χ3n) is 2.38. The third kappa shape index (κ3) is 1.70. The summed E-state index contributed by atoms with van der Waals surface area (Å²) in [5.74, 6) is 0.725. The summed E-state index contributed by atoms with van der Waals surface area (Å²) in [7, 11) is 0. The van der Waals surface area contributed by atoms with Gasteiger partial charge >= 0.3 is 0 Å². The number of hydrogen-bond acceptors (Lipinski definition) is 1. The highest BCUT2D eigenvalue weighted by atomic mass is 79.9. The van der Waals surface area contributed by atoms with Crippen LogP contribution in [0.15, 0.2) is 28.7 Å². The Morgan fingerprint density at radius 2 is 2.33 bits per heavy atom. The summed E-state index contributed by atoms with van der Waals surface area (Å²) in [5, 5.41) is 3.37. The maximum Gasteiger partial charge on any atom is 0.0178 e. The fraction of sp³-hybridized carbons (Fsp3) is 0.400. The van der Waals surface area contributed by atoms with Gasteiger partial charge in [-0.25, -0.2) is 0 Å². The molecule has 1 aromatic rings. The highest BCUT2D eigenvalue weighted by Crippen LogP contribution is 2.24. The van der Waals surface area contributed by atoms with Gasteiger partial charge in [-0.15, -0.1) is 0 Å². The molecule has 0 saturated carbocycles. The molecule has 0 radical (unpaired) electrons. The van der Waals surface area contributed by atoms with Crippen LogP contribution in [0.5, 0.6) is 0 Å². The van der Waals surface area contributed by atoms with Gasteiger partial charge in [0.25, 0.3) is 0 Å². The van der Waals surface area contributed by atoms with Crippen molar-refractivity contribution in [3.05, 3.63) is 34.3 Å². The van der Waals surface area contributed by atoms with E-state index in [1.165, 1.54) is 16.5 Å². The first-order chi connectivity index (χ1) is 5.86. The van der Waals surface area contributed by atoms with Crippen LogP contribution in [0.3, 0.4) is 0 Å². The molecule has 1 heterocycles. The molecule has 1 aliphatic heterocycles. The van der Waals surface area contributed by atoms with E-state index < -0.39 is 0 Å². The minimum atomic E-state index is 0.725. The normalized spacial score (nSPS) is 22.9. The molecule has 0 aromatic heterocycles. The Balaban J connectivity index is 2.21. The van der Waals surface area contributed by atoms with E-state index in [1.807, 2.05) is 0 Å². The fourth-order valence-corrected chi connectivity index (χ4v) is 2.12. The van der Waals surface area contributed by atoms with E-state index in [2.05, 4.69) is 45.5 Å². The van der Waals surface area contributed by atoms with Gasteiger partial charge in [-0.1, -0.05) is 28.1 Å². The molecule has 1 saturated heterocycles. The molecule has 1 aromatic carbocycles. The van der Waals surface area contributed by atoms with E-state index in [0.29, 0.717) is 0 Å². The molecule has 64 valence electrons. The van der Waals surface area contributed by atoms with Gasteiger partial charge < -0.3 is 5.32 Å². The zero-order chi connectivity index (χ0) is 8.39. The second kappa shape index (κ2) is 3.58. The van der Waals surface area contributed by atoms with Crippen LogP contribution in [0.1, 0.15) is 17.9 Å². The third-order valence-corrected chi connectivity index (χ3v) is 2.87. The van der Waals surface area contributed by atoms with Crippen molar-refractivity contribution >= 4 is 15.9 Å². The number of halogens is 1. The monoisotopic (exact) mass is 225 g/mol. The molecule has 1 aliphatic rings. The molecular weight excluding hydrogens is 214 g/mol. The number of hydrogen-bond donors (Lipinski definition) is 1. The van der Waals surface area contributed by atoms with Gasteiger partial charge in [-0.2, -0.15) is 0 Å². The van der Waals surface area contributed by atoms with Crippen LogP contribution >= 0.6 is 15.9 Å². The zero-order valence-corrected chi connectivity index (χ0v) is 8.47. The minimum Gasteiger partial charge on any atom is -0.316 e. The van der Waals surface area contributed by atoms with Crippen molar-refractivity contribution in [1.29, 1.82) is 0 Å². The lowest BCUT2D eigenvalue weighted by atomic mass is 9.99. The molecule has 12 heavy (non-hydrogen) atoms. The first kappa shape index (κ1) is 8.27. The van der Waals surface area contributed by atoms with E-state index in [-0.39, 0.29) is 0 Å². The highest BCUT2D eigenvalue weighted by molar-refractivity contribution is 9.10. The Bertz CT molecular complexity index is 266. The van der Waals surface area contributed by atoms with E-state index in [4.69, 9.17) is 0 Å². The summed E-state index contributed by atoms with van der Waals surface area (Å²) >= 11 is 3.49. The van der Waals surface area contributed by atoms with E-state index in [9.17, 15) is 0 Å².